The molecule has 0 aromatic carbocycles. The highest BCUT2D eigenvalue weighted by Gasteiger charge is 2.04. The van der Waals surface area contributed by atoms with Crippen molar-refractivity contribution in [3.63, 3.8) is 0 Å². The number of anilines is 2. The zero-order valence-corrected chi connectivity index (χ0v) is 11.0. The molecule has 2 heterocycles. The molecule has 7 nitrogen and oxygen atoms in total. The number of hydrogen-bond donors (Lipinski definition) is 2. The number of nitrogens with one attached hydrogen (secondary N) is 1. The summed E-state index contributed by atoms with van der Waals surface area (Å²) in [5, 5.41) is 7.61. The zero-order valence-electron chi connectivity index (χ0n) is 10.2. The van der Waals surface area contributed by atoms with E-state index in [9.17, 15) is 0 Å². The lowest BCUT2D eigenvalue weighted by molar-refractivity contribution is 0.387. The van der Waals surface area contributed by atoms with Crippen LogP contribution in [0.3, 0.4) is 0 Å². The van der Waals surface area contributed by atoms with Crippen LogP contribution in [0.5, 0.6) is 0 Å². The Morgan fingerprint density at radius 2 is 2.22 bits per heavy atom. The predicted molar refractivity (Wildman–Crippen MR) is 69.5 cm³/mol. The molecular weight excluding hydrogens is 252 g/mol. The summed E-state index contributed by atoms with van der Waals surface area (Å²) in [6.07, 6.45) is 2.57. The molecule has 2 aromatic heterocycles. The van der Waals surface area contributed by atoms with Crippen LogP contribution in [-0.4, -0.2) is 32.9 Å². The maximum atomic E-state index is 5.68. The van der Waals surface area contributed by atoms with E-state index in [0.29, 0.717) is 41.5 Å². The van der Waals surface area contributed by atoms with Crippen molar-refractivity contribution < 1.29 is 4.52 Å². The van der Waals surface area contributed by atoms with Crippen molar-refractivity contribution >= 4 is 23.4 Å². The highest BCUT2D eigenvalue weighted by atomic mass is 32.2. The molecule has 0 fully saturated rings. The second-order valence-corrected chi connectivity index (χ2v) is 4.34. The maximum absolute atomic E-state index is 5.68. The van der Waals surface area contributed by atoms with Gasteiger partial charge in [-0.25, -0.2) is 9.97 Å². The standard InChI is InChI=1S/C10H14N6OS/c1-6-13-8(16-17-6)3-4-12-9-5-7(11)14-10(15-9)18-2/h5H,3-4H2,1-2H3,(H3,11,12,14,15). The average molecular weight is 266 g/mol. The van der Waals surface area contributed by atoms with Crippen LogP contribution in [0.4, 0.5) is 11.6 Å². The third-order valence-corrected chi connectivity index (χ3v) is 2.68. The van der Waals surface area contributed by atoms with Gasteiger partial charge < -0.3 is 15.6 Å². The highest BCUT2D eigenvalue weighted by molar-refractivity contribution is 7.98. The van der Waals surface area contributed by atoms with Crippen LogP contribution in [-0.2, 0) is 6.42 Å². The van der Waals surface area contributed by atoms with Gasteiger partial charge in [-0.3, -0.25) is 0 Å². The molecule has 0 aliphatic rings. The van der Waals surface area contributed by atoms with Crippen LogP contribution in [0.1, 0.15) is 11.7 Å². The lowest BCUT2D eigenvalue weighted by Crippen LogP contribution is -2.08. The second-order valence-electron chi connectivity index (χ2n) is 3.57. The Morgan fingerprint density at radius 1 is 1.39 bits per heavy atom. The number of nitrogens with two attached hydrogens (primary N) is 1. The summed E-state index contributed by atoms with van der Waals surface area (Å²) in [7, 11) is 0. The maximum Gasteiger partial charge on any atom is 0.223 e. The summed E-state index contributed by atoms with van der Waals surface area (Å²) in [6, 6.07) is 1.70. The lowest BCUT2D eigenvalue weighted by Gasteiger charge is -2.05. The molecule has 0 saturated carbocycles. The van der Waals surface area contributed by atoms with Gasteiger partial charge in [0, 0.05) is 26.0 Å². The fourth-order valence-corrected chi connectivity index (χ4v) is 1.76. The first kappa shape index (κ1) is 12.6. The number of thioether (sulfide) groups is 1. The van der Waals surface area contributed by atoms with E-state index in [-0.39, 0.29) is 0 Å². The van der Waals surface area contributed by atoms with Crippen LogP contribution >= 0.6 is 11.8 Å². The Bertz CT molecular complexity index is 529. The van der Waals surface area contributed by atoms with E-state index in [0.717, 1.165) is 0 Å². The van der Waals surface area contributed by atoms with Crippen LogP contribution in [0.15, 0.2) is 15.7 Å². The Hall–Kier alpha value is -1.83. The molecule has 0 unspecified atom stereocenters. The van der Waals surface area contributed by atoms with Gasteiger partial charge in [0.1, 0.15) is 11.6 Å². The van der Waals surface area contributed by atoms with Crippen molar-refractivity contribution in [3.05, 3.63) is 17.8 Å². The van der Waals surface area contributed by atoms with E-state index in [4.69, 9.17) is 10.3 Å². The average Bonchev–Trinajstić information content (AvgIpc) is 2.74. The number of rotatable bonds is 5. The van der Waals surface area contributed by atoms with Crippen molar-refractivity contribution in [2.24, 2.45) is 0 Å². The Balaban J connectivity index is 1.91. The number of hydrogen-bond acceptors (Lipinski definition) is 8. The molecule has 0 aliphatic carbocycles. The number of nitrogen functional groups attached to an aromatic ring is 1. The molecule has 0 saturated heterocycles. The van der Waals surface area contributed by atoms with Gasteiger partial charge in [-0.05, 0) is 6.26 Å². The van der Waals surface area contributed by atoms with Gasteiger partial charge in [0.05, 0.1) is 0 Å². The summed E-state index contributed by atoms with van der Waals surface area (Å²) < 4.78 is 4.89. The van der Waals surface area contributed by atoms with Crippen molar-refractivity contribution in [2.75, 3.05) is 23.9 Å². The van der Waals surface area contributed by atoms with Gasteiger partial charge in [-0.1, -0.05) is 16.9 Å². The third-order valence-electron chi connectivity index (χ3n) is 2.13. The molecule has 8 heteroatoms. The fourth-order valence-electron chi connectivity index (χ4n) is 1.37. The molecule has 2 rings (SSSR count). The minimum atomic E-state index is 0.451. The monoisotopic (exact) mass is 266 g/mol. The normalized spacial score (nSPS) is 10.6. The van der Waals surface area contributed by atoms with E-state index in [1.54, 1.807) is 13.0 Å². The van der Waals surface area contributed by atoms with E-state index >= 15 is 0 Å². The number of aromatic nitrogens is 4. The zero-order chi connectivity index (χ0) is 13.0. The van der Waals surface area contributed by atoms with E-state index in [1.807, 2.05) is 6.26 Å². The molecular formula is C10H14N6OS. The Kier molecular flexibility index (Phi) is 3.98. The van der Waals surface area contributed by atoms with Gasteiger partial charge >= 0.3 is 0 Å². The van der Waals surface area contributed by atoms with E-state index in [2.05, 4.69) is 25.4 Å². The van der Waals surface area contributed by atoms with Crippen LogP contribution in [0.25, 0.3) is 0 Å². The van der Waals surface area contributed by atoms with E-state index < -0.39 is 0 Å². The molecule has 18 heavy (non-hydrogen) atoms. The van der Waals surface area contributed by atoms with Gasteiger partial charge in [-0.15, -0.1) is 0 Å². The van der Waals surface area contributed by atoms with E-state index in [1.165, 1.54) is 11.8 Å². The second kappa shape index (κ2) is 5.67. The smallest absolute Gasteiger partial charge is 0.223 e. The van der Waals surface area contributed by atoms with Crippen LogP contribution < -0.4 is 11.1 Å². The molecule has 2 aromatic rings. The molecule has 0 amide bonds. The Morgan fingerprint density at radius 3 is 2.89 bits per heavy atom. The van der Waals surface area contributed by atoms with Crippen molar-refractivity contribution in [2.45, 2.75) is 18.5 Å². The Labute approximate surface area is 109 Å². The minimum absolute atomic E-state index is 0.451. The fraction of sp³-hybridized carbons (Fsp3) is 0.400. The molecule has 3 N–H and O–H groups in total. The van der Waals surface area contributed by atoms with Crippen molar-refractivity contribution in [3.8, 4) is 0 Å². The first-order valence-electron chi connectivity index (χ1n) is 5.39. The highest BCUT2D eigenvalue weighted by Crippen LogP contribution is 2.14. The topological polar surface area (TPSA) is 103 Å². The summed E-state index contributed by atoms with van der Waals surface area (Å²) in [5.41, 5.74) is 5.68. The molecule has 96 valence electrons. The quantitative estimate of drug-likeness (QED) is 0.613. The molecule has 0 bridgehead atoms. The van der Waals surface area contributed by atoms with Crippen LogP contribution in [0.2, 0.25) is 0 Å². The van der Waals surface area contributed by atoms with Crippen molar-refractivity contribution in [1.82, 2.24) is 20.1 Å². The summed E-state index contributed by atoms with van der Waals surface area (Å²) in [5.74, 6) is 2.40. The largest absolute Gasteiger partial charge is 0.383 e. The summed E-state index contributed by atoms with van der Waals surface area (Å²) in [4.78, 5) is 12.5. The van der Waals surface area contributed by atoms with Crippen LogP contribution in [0, 0.1) is 6.92 Å². The van der Waals surface area contributed by atoms with Crippen molar-refractivity contribution in [1.29, 1.82) is 0 Å². The predicted octanol–water partition coefficient (Wildman–Crippen LogP) is 1.13. The molecule has 0 spiro atoms. The number of nitrogens with zero attached hydrogens (tertiary/aromatic N) is 4. The minimum Gasteiger partial charge on any atom is -0.383 e. The van der Waals surface area contributed by atoms with Gasteiger partial charge in [0.25, 0.3) is 0 Å². The first-order valence-corrected chi connectivity index (χ1v) is 6.61. The first-order chi connectivity index (χ1) is 8.67. The van der Waals surface area contributed by atoms with Gasteiger partial charge in [0.2, 0.25) is 5.89 Å². The third kappa shape index (κ3) is 3.33. The molecule has 0 radical (unpaired) electrons. The van der Waals surface area contributed by atoms with Gasteiger partial charge in [-0.2, -0.15) is 4.98 Å². The summed E-state index contributed by atoms with van der Waals surface area (Å²) in [6.45, 7) is 2.42. The lowest BCUT2D eigenvalue weighted by atomic mass is 10.4. The molecule has 0 aliphatic heterocycles. The number of aryl methyl sites for hydroxylation is 1. The summed E-state index contributed by atoms with van der Waals surface area (Å²) >= 11 is 1.45. The SMILES string of the molecule is CSc1nc(N)cc(NCCc2noc(C)n2)n1. The molecule has 0 atom stereocenters. The van der Waals surface area contributed by atoms with Gasteiger partial charge in [0.15, 0.2) is 11.0 Å².